The molecule has 1 atom stereocenters. The van der Waals surface area contributed by atoms with Gasteiger partial charge >= 0.3 is 0 Å². The van der Waals surface area contributed by atoms with Crippen LogP contribution in [0, 0.1) is 0 Å². The third-order valence-electron chi connectivity index (χ3n) is 3.09. The Morgan fingerprint density at radius 1 is 1.50 bits per heavy atom. The van der Waals surface area contributed by atoms with Crippen LogP contribution in [0.2, 0.25) is 0 Å². The molecule has 0 bridgehead atoms. The summed E-state index contributed by atoms with van der Waals surface area (Å²) in [4.78, 5) is 25.9. The first kappa shape index (κ1) is 14.9. The Kier molecular flexibility index (Phi) is 5.03. The molecule has 5 nitrogen and oxygen atoms in total. The molecule has 20 heavy (non-hydrogen) atoms. The molecule has 6 heteroatoms. The smallest absolute Gasteiger partial charge is 0.237 e. The second-order valence-corrected chi connectivity index (χ2v) is 5.76. The fraction of sp³-hybridized carbons (Fsp3) is 0.429. The maximum absolute atomic E-state index is 12.4. The van der Waals surface area contributed by atoms with Gasteiger partial charge < -0.3 is 15.3 Å². The number of anilines is 2. The average molecular weight is 294 g/mol. The van der Waals surface area contributed by atoms with Gasteiger partial charge in [-0.15, -0.1) is 11.8 Å². The van der Waals surface area contributed by atoms with E-state index in [1.807, 2.05) is 25.1 Å². The Morgan fingerprint density at radius 3 is 3.00 bits per heavy atom. The van der Waals surface area contributed by atoms with Crippen molar-refractivity contribution in [1.82, 2.24) is 0 Å². The topological polar surface area (TPSA) is 69.6 Å². The summed E-state index contributed by atoms with van der Waals surface area (Å²) >= 11 is 1.39. The van der Waals surface area contributed by atoms with Crippen molar-refractivity contribution < 1.29 is 14.7 Å². The molecule has 0 spiro atoms. The summed E-state index contributed by atoms with van der Waals surface area (Å²) in [6.45, 7) is 1.93. The van der Waals surface area contributed by atoms with Gasteiger partial charge in [-0.2, -0.15) is 0 Å². The molecule has 1 aliphatic heterocycles. The summed E-state index contributed by atoms with van der Waals surface area (Å²) in [5.74, 6) is 0.711. The van der Waals surface area contributed by atoms with E-state index in [1.165, 1.54) is 11.8 Å². The minimum Gasteiger partial charge on any atom is -0.396 e. The number of carbonyl (C=O) groups is 2. The lowest BCUT2D eigenvalue weighted by Gasteiger charge is -2.27. The second-order valence-electron chi connectivity index (χ2n) is 4.66. The number of aliphatic hydroxyl groups is 1. The minimum absolute atomic E-state index is 0.0418. The van der Waals surface area contributed by atoms with Gasteiger partial charge in [-0.3, -0.25) is 9.59 Å². The molecule has 1 aromatic carbocycles. The van der Waals surface area contributed by atoms with E-state index in [2.05, 4.69) is 5.32 Å². The highest BCUT2D eigenvalue weighted by Gasteiger charge is 2.29. The standard InChI is InChI=1S/C14H18N2O3S/c1-10-8-13(18)15-11-4-2-3-5-12(11)16(10)14(19)9-20-7-6-17/h2-5,10,17H,6-9H2,1H3,(H,15,18)/t10-/m1/s1. The molecule has 0 unspecified atom stereocenters. The number of fused-ring (bicyclic) bond motifs is 1. The van der Waals surface area contributed by atoms with Gasteiger partial charge in [0.25, 0.3) is 0 Å². The Labute approximate surface area is 122 Å². The van der Waals surface area contributed by atoms with Crippen molar-refractivity contribution in [3.05, 3.63) is 24.3 Å². The zero-order chi connectivity index (χ0) is 14.5. The maximum Gasteiger partial charge on any atom is 0.237 e. The van der Waals surface area contributed by atoms with Crippen molar-refractivity contribution in [2.24, 2.45) is 0 Å². The van der Waals surface area contributed by atoms with E-state index in [0.717, 1.165) is 5.69 Å². The lowest BCUT2D eigenvalue weighted by Crippen LogP contribution is -2.40. The quantitative estimate of drug-likeness (QED) is 0.825. The maximum atomic E-state index is 12.4. The number of hydrogen-bond acceptors (Lipinski definition) is 4. The summed E-state index contributed by atoms with van der Waals surface area (Å²) in [6, 6.07) is 7.14. The van der Waals surface area contributed by atoms with Crippen molar-refractivity contribution in [1.29, 1.82) is 0 Å². The summed E-state index contributed by atoms with van der Waals surface area (Å²) in [5, 5.41) is 11.6. The van der Waals surface area contributed by atoms with Gasteiger partial charge in [-0.1, -0.05) is 12.1 Å². The number of rotatable bonds is 4. The highest BCUT2D eigenvalue weighted by molar-refractivity contribution is 7.99. The molecule has 108 valence electrons. The molecule has 1 aliphatic rings. The Balaban J connectivity index is 2.25. The van der Waals surface area contributed by atoms with E-state index in [9.17, 15) is 9.59 Å². The van der Waals surface area contributed by atoms with Gasteiger partial charge in [0.15, 0.2) is 0 Å². The van der Waals surface area contributed by atoms with Gasteiger partial charge in [-0.25, -0.2) is 0 Å². The highest BCUT2D eigenvalue weighted by Crippen LogP contribution is 2.31. The summed E-state index contributed by atoms with van der Waals surface area (Å²) < 4.78 is 0. The van der Waals surface area contributed by atoms with Gasteiger partial charge in [0, 0.05) is 18.2 Å². The van der Waals surface area contributed by atoms with Crippen LogP contribution >= 0.6 is 11.8 Å². The van der Waals surface area contributed by atoms with E-state index >= 15 is 0 Å². The predicted molar refractivity (Wildman–Crippen MR) is 81.0 cm³/mol. The lowest BCUT2D eigenvalue weighted by molar-refractivity contribution is -0.117. The Bertz CT molecular complexity index is 507. The fourth-order valence-corrected chi connectivity index (χ4v) is 2.85. The lowest BCUT2D eigenvalue weighted by atomic mass is 10.2. The zero-order valence-electron chi connectivity index (χ0n) is 11.3. The molecular weight excluding hydrogens is 276 g/mol. The van der Waals surface area contributed by atoms with Crippen LogP contribution in [0.25, 0.3) is 0 Å². The molecule has 0 saturated heterocycles. The number of thioether (sulfide) groups is 1. The second kappa shape index (κ2) is 6.76. The van der Waals surface area contributed by atoms with Gasteiger partial charge in [-0.05, 0) is 19.1 Å². The van der Waals surface area contributed by atoms with E-state index in [1.54, 1.807) is 11.0 Å². The van der Waals surface area contributed by atoms with Gasteiger partial charge in [0.1, 0.15) is 0 Å². The molecule has 1 heterocycles. The van der Waals surface area contributed by atoms with Crippen LogP contribution in [0.3, 0.4) is 0 Å². The van der Waals surface area contributed by atoms with Crippen molar-refractivity contribution in [2.45, 2.75) is 19.4 Å². The van der Waals surface area contributed by atoms with Crippen molar-refractivity contribution in [3.63, 3.8) is 0 Å². The summed E-state index contributed by atoms with van der Waals surface area (Å²) in [7, 11) is 0. The largest absolute Gasteiger partial charge is 0.396 e. The number of nitrogens with one attached hydrogen (secondary N) is 1. The first-order valence-electron chi connectivity index (χ1n) is 6.53. The van der Waals surface area contributed by atoms with Crippen LogP contribution in [-0.2, 0) is 9.59 Å². The van der Waals surface area contributed by atoms with Crippen LogP contribution in [-0.4, -0.2) is 41.1 Å². The van der Waals surface area contributed by atoms with Crippen LogP contribution < -0.4 is 10.2 Å². The highest BCUT2D eigenvalue weighted by atomic mass is 32.2. The van der Waals surface area contributed by atoms with Crippen molar-refractivity contribution >= 4 is 35.0 Å². The van der Waals surface area contributed by atoms with E-state index < -0.39 is 0 Å². The van der Waals surface area contributed by atoms with Crippen molar-refractivity contribution in [2.75, 3.05) is 28.3 Å². The molecule has 0 aliphatic carbocycles. The van der Waals surface area contributed by atoms with E-state index in [-0.39, 0.29) is 30.9 Å². The van der Waals surface area contributed by atoms with Gasteiger partial charge in [0.05, 0.1) is 23.7 Å². The third kappa shape index (κ3) is 3.32. The molecule has 0 fully saturated rings. The van der Waals surface area contributed by atoms with E-state index in [0.29, 0.717) is 17.2 Å². The Morgan fingerprint density at radius 2 is 2.25 bits per heavy atom. The predicted octanol–water partition coefficient (Wildman–Crippen LogP) is 1.48. The van der Waals surface area contributed by atoms with E-state index in [4.69, 9.17) is 5.11 Å². The molecule has 0 radical (unpaired) electrons. The van der Waals surface area contributed by atoms with Crippen LogP contribution in [0.1, 0.15) is 13.3 Å². The summed E-state index contributed by atoms with van der Waals surface area (Å²) in [5.41, 5.74) is 1.41. The zero-order valence-corrected chi connectivity index (χ0v) is 12.2. The number of nitrogens with zero attached hydrogens (tertiary/aromatic N) is 1. The molecule has 0 saturated carbocycles. The number of amides is 2. The normalized spacial score (nSPS) is 18.2. The van der Waals surface area contributed by atoms with Crippen molar-refractivity contribution in [3.8, 4) is 0 Å². The van der Waals surface area contributed by atoms with Crippen LogP contribution in [0.15, 0.2) is 24.3 Å². The minimum atomic E-state index is -0.180. The first-order chi connectivity index (χ1) is 9.63. The molecule has 2 rings (SSSR count). The molecule has 2 N–H and O–H groups in total. The average Bonchev–Trinajstić information content (AvgIpc) is 2.53. The molecular formula is C14H18N2O3S. The number of carbonyl (C=O) groups excluding carboxylic acids is 2. The molecule has 1 aromatic rings. The monoisotopic (exact) mass is 294 g/mol. The Hall–Kier alpha value is -1.53. The summed E-state index contributed by atoms with van der Waals surface area (Å²) in [6.07, 6.45) is 0.283. The number of benzene rings is 1. The number of hydrogen-bond donors (Lipinski definition) is 2. The fourth-order valence-electron chi connectivity index (χ4n) is 2.26. The number of para-hydroxylation sites is 2. The van der Waals surface area contributed by atoms with Crippen LogP contribution in [0.4, 0.5) is 11.4 Å². The SMILES string of the molecule is C[C@@H]1CC(=O)Nc2ccccc2N1C(=O)CSCCO. The van der Waals surface area contributed by atoms with Gasteiger partial charge in [0.2, 0.25) is 11.8 Å². The van der Waals surface area contributed by atoms with Crippen LogP contribution in [0.5, 0.6) is 0 Å². The third-order valence-corrected chi connectivity index (χ3v) is 4.01. The number of aliphatic hydroxyl groups excluding tert-OH is 1. The molecule has 2 amide bonds. The molecule has 0 aromatic heterocycles. The first-order valence-corrected chi connectivity index (χ1v) is 7.68.